The van der Waals surface area contributed by atoms with Crippen molar-refractivity contribution in [3.05, 3.63) is 47.2 Å². The van der Waals surface area contributed by atoms with Crippen LogP contribution in [0.15, 0.2) is 36.0 Å². The molecule has 1 heterocycles. The normalized spacial score (nSPS) is 42.9. The van der Waals surface area contributed by atoms with Gasteiger partial charge in [0.05, 0.1) is 0 Å². The molecule has 5 aliphatic carbocycles. The lowest BCUT2D eigenvalue weighted by molar-refractivity contribution is -0.136. The van der Waals surface area contributed by atoms with E-state index in [-0.39, 0.29) is 33.5 Å². The van der Waals surface area contributed by atoms with Gasteiger partial charge in [0.25, 0.3) is 0 Å². The van der Waals surface area contributed by atoms with Crippen LogP contribution >= 0.6 is 0 Å². The van der Waals surface area contributed by atoms with Gasteiger partial charge in [-0.2, -0.15) is 0 Å². The molecular formula is C38H54N2O2. The first kappa shape index (κ1) is 28.7. The summed E-state index contributed by atoms with van der Waals surface area (Å²) in [7, 11) is 0. The summed E-state index contributed by atoms with van der Waals surface area (Å²) < 4.78 is 0. The number of benzene rings is 1. The number of nitrogens with one attached hydrogen (secondary N) is 2. The number of ketones is 1. The van der Waals surface area contributed by atoms with Crippen molar-refractivity contribution in [3.8, 4) is 0 Å². The molecule has 1 saturated heterocycles. The van der Waals surface area contributed by atoms with Gasteiger partial charge >= 0.3 is 0 Å². The Morgan fingerprint density at radius 1 is 0.905 bits per heavy atom. The first-order valence-corrected chi connectivity index (χ1v) is 17.4. The number of carbonyl (C=O) groups is 2. The van der Waals surface area contributed by atoms with Gasteiger partial charge in [0.1, 0.15) is 0 Å². The SMILES string of the molecule is CC(C)(C)c1ccc(C2C3CCCC2(NC(=O)C2CC[C@H]4[C@@H]5CNC6=CC(=O)CC[C@]6(C)[C@@H]5CC[C@]24C)CCC3)cc1. The van der Waals surface area contributed by atoms with E-state index in [0.29, 0.717) is 41.9 Å². The highest BCUT2D eigenvalue weighted by atomic mass is 16.2. The van der Waals surface area contributed by atoms with Gasteiger partial charge in [-0.1, -0.05) is 71.7 Å². The highest BCUT2D eigenvalue weighted by Crippen LogP contribution is 2.64. The third-order valence-corrected chi connectivity index (χ3v) is 13.9. The average molecular weight is 571 g/mol. The lowest BCUT2D eigenvalue weighted by Crippen LogP contribution is -2.61. The molecule has 1 amide bonds. The number of hydrogen-bond donors (Lipinski definition) is 2. The molecule has 2 N–H and O–H groups in total. The summed E-state index contributed by atoms with van der Waals surface area (Å²) in [5, 5.41) is 7.62. The fourth-order valence-electron chi connectivity index (χ4n) is 11.6. The van der Waals surface area contributed by atoms with E-state index in [9.17, 15) is 9.59 Å². The summed E-state index contributed by atoms with van der Waals surface area (Å²) in [5.74, 6) is 3.65. The van der Waals surface area contributed by atoms with Crippen LogP contribution in [-0.2, 0) is 15.0 Å². The molecule has 7 rings (SSSR count). The Balaban J connectivity index is 1.13. The zero-order valence-corrected chi connectivity index (χ0v) is 26.9. The second-order valence-electron chi connectivity index (χ2n) is 16.9. The topological polar surface area (TPSA) is 58.2 Å². The molecule has 42 heavy (non-hydrogen) atoms. The smallest absolute Gasteiger partial charge is 0.224 e. The van der Waals surface area contributed by atoms with Gasteiger partial charge in [0, 0.05) is 47.5 Å². The van der Waals surface area contributed by atoms with E-state index in [2.05, 4.69) is 69.5 Å². The highest BCUT2D eigenvalue weighted by molar-refractivity contribution is 5.91. The number of fused-ring (bicyclic) bond motifs is 7. The lowest BCUT2D eigenvalue weighted by Gasteiger charge is -2.58. The summed E-state index contributed by atoms with van der Waals surface area (Å²) in [6.07, 6.45) is 15.4. The quantitative estimate of drug-likeness (QED) is 0.389. The van der Waals surface area contributed by atoms with Crippen LogP contribution < -0.4 is 10.6 Å². The molecule has 1 aromatic carbocycles. The molecule has 1 aliphatic heterocycles. The van der Waals surface area contributed by atoms with Crippen LogP contribution in [0.25, 0.3) is 0 Å². The van der Waals surface area contributed by atoms with Crippen molar-refractivity contribution in [2.24, 2.45) is 40.4 Å². The van der Waals surface area contributed by atoms with Crippen LogP contribution in [0.3, 0.4) is 0 Å². The van der Waals surface area contributed by atoms with Crippen molar-refractivity contribution in [3.63, 3.8) is 0 Å². The standard InChI is InChI=1S/C38H54N2O2/c1-35(2,3)26-12-10-25(11-13-26)33-24-8-6-18-38(33,19-7-9-24)40-34(42)31-15-14-29-28-23-39-32-22-27(41)16-20-37(32,5)30(28)17-21-36(29,31)4/h10-13,22,24,28-31,33,39H,6-9,14-21,23H2,1-5H3,(H,40,42)/t24?,28-,29-,30+,31?,33?,36-,37+,38?/m0/s1. The Kier molecular flexibility index (Phi) is 6.80. The van der Waals surface area contributed by atoms with Crippen molar-refractivity contribution in [2.45, 2.75) is 129 Å². The molecule has 0 aromatic heterocycles. The van der Waals surface area contributed by atoms with Crippen molar-refractivity contribution < 1.29 is 9.59 Å². The number of rotatable bonds is 3. The Labute approximate surface area is 254 Å². The summed E-state index contributed by atoms with van der Waals surface area (Å²) in [4.78, 5) is 26.8. The van der Waals surface area contributed by atoms with E-state index >= 15 is 0 Å². The Morgan fingerprint density at radius 3 is 2.31 bits per heavy atom. The van der Waals surface area contributed by atoms with Gasteiger partial charge in [-0.05, 0) is 103 Å². The van der Waals surface area contributed by atoms with Crippen molar-refractivity contribution in [2.75, 3.05) is 6.54 Å². The van der Waals surface area contributed by atoms with Crippen LogP contribution in [0, 0.1) is 40.4 Å². The summed E-state index contributed by atoms with van der Waals surface area (Å²) >= 11 is 0. The first-order valence-electron chi connectivity index (χ1n) is 17.4. The maximum atomic E-state index is 14.5. The van der Waals surface area contributed by atoms with E-state index in [1.54, 1.807) is 0 Å². The largest absolute Gasteiger partial charge is 0.387 e. The van der Waals surface area contributed by atoms with Crippen LogP contribution in [0.4, 0.5) is 0 Å². The first-order chi connectivity index (χ1) is 19.9. The number of carbonyl (C=O) groups excluding carboxylic acids is 2. The summed E-state index contributed by atoms with van der Waals surface area (Å²) in [6.45, 7) is 12.7. The molecule has 0 radical (unpaired) electrons. The minimum absolute atomic E-state index is 0.0677. The summed E-state index contributed by atoms with van der Waals surface area (Å²) in [6, 6.07) is 9.47. The van der Waals surface area contributed by atoms with Crippen LogP contribution in [0.1, 0.15) is 129 Å². The predicted molar refractivity (Wildman–Crippen MR) is 169 cm³/mol. The maximum Gasteiger partial charge on any atom is 0.224 e. The van der Waals surface area contributed by atoms with Gasteiger partial charge in [-0.3, -0.25) is 9.59 Å². The van der Waals surface area contributed by atoms with E-state index in [1.807, 2.05) is 6.08 Å². The Hall–Kier alpha value is -2.10. The second-order valence-corrected chi connectivity index (χ2v) is 16.9. The fraction of sp³-hybridized carbons (Fsp3) is 0.737. The number of piperidine rings is 1. The predicted octanol–water partition coefficient (Wildman–Crippen LogP) is 7.82. The molecule has 6 aliphatic rings. The molecule has 4 nitrogen and oxygen atoms in total. The van der Waals surface area contributed by atoms with Gasteiger partial charge in [0.2, 0.25) is 5.91 Å². The number of hydrogen-bond acceptors (Lipinski definition) is 3. The average Bonchev–Trinajstić information content (AvgIpc) is 3.30. The van der Waals surface area contributed by atoms with Crippen LogP contribution in [-0.4, -0.2) is 23.8 Å². The minimum atomic E-state index is -0.0959. The Morgan fingerprint density at radius 2 is 1.62 bits per heavy atom. The van der Waals surface area contributed by atoms with Gasteiger partial charge < -0.3 is 10.6 Å². The molecule has 228 valence electrons. The minimum Gasteiger partial charge on any atom is -0.387 e. The van der Waals surface area contributed by atoms with Crippen molar-refractivity contribution >= 4 is 11.7 Å². The Bertz CT molecular complexity index is 1260. The van der Waals surface area contributed by atoms with E-state index < -0.39 is 0 Å². The monoisotopic (exact) mass is 570 g/mol. The third-order valence-electron chi connectivity index (χ3n) is 13.9. The second kappa shape index (κ2) is 9.96. The molecule has 0 spiro atoms. The van der Waals surface area contributed by atoms with E-state index in [1.165, 1.54) is 55.3 Å². The molecular weight excluding hydrogens is 516 g/mol. The molecule has 4 saturated carbocycles. The van der Waals surface area contributed by atoms with Crippen molar-refractivity contribution in [1.82, 2.24) is 10.6 Å². The zero-order valence-electron chi connectivity index (χ0n) is 26.9. The van der Waals surface area contributed by atoms with Gasteiger partial charge in [-0.15, -0.1) is 0 Å². The van der Waals surface area contributed by atoms with Gasteiger partial charge in [0.15, 0.2) is 5.78 Å². The van der Waals surface area contributed by atoms with Crippen molar-refractivity contribution in [1.29, 1.82) is 0 Å². The van der Waals surface area contributed by atoms with Crippen LogP contribution in [0.2, 0.25) is 0 Å². The molecule has 4 heteroatoms. The fourth-order valence-corrected chi connectivity index (χ4v) is 11.6. The molecule has 5 fully saturated rings. The molecule has 2 unspecified atom stereocenters. The number of allylic oxidation sites excluding steroid dienone is 2. The zero-order chi connectivity index (χ0) is 29.5. The third kappa shape index (κ3) is 4.35. The highest BCUT2D eigenvalue weighted by Gasteiger charge is 2.61. The van der Waals surface area contributed by atoms with E-state index in [4.69, 9.17) is 0 Å². The lowest BCUT2D eigenvalue weighted by atomic mass is 9.50. The summed E-state index contributed by atoms with van der Waals surface area (Å²) in [5.41, 5.74) is 4.24. The maximum absolute atomic E-state index is 14.5. The molecule has 1 aromatic rings. The number of amides is 1. The van der Waals surface area contributed by atoms with Gasteiger partial charge in [-0.25, -0.2) is 0 Å². The molecule has 7 atom stereocenters. The van der Waals surface area contributed by atoms with E-state index in [0.717, 1.165) is 38.6 Å². The van der Waals surface area contributed by atoms with Crippen LogP contribution in [0.5, 0.6) is 0 Å². The molecule has 2 bridgehead atoms.